The first-order valence-electron chi connectivity index (χ1n) is 8.83. The monoisotopic (exact) mass is 410 g/mol. The van der Waals surface area contributed by atoms with Crippen LogP contribution < -0.4 is 21.7 Å². The van der Waals surface area contributed by atoms with Gasteiger partial charge in [0.1, 0.15) is 23.9 Å². The zero-order chi connectivity index (χ0) is 22.1. The van der Waals surface area contributed by atoms with Gasteiger partial charge in [-0.15, -0.1) is 0 Å². The summed E-state index contributed by atoms with van der Waals surface area (Å²) in [6, 6.07) is 1.27. The third kappa shape index (κ3) is 7.76. The van der Waals surface area contributed by atoms with E-state index in [1.165, 1.54) is 38.1 Å². The average Bonchev–Trinajstić information content (AvgIpc) is 2.66. The number of aromatic hydroxyl groups is 1. The third-order valence-corrected chi connectivity index (χ3v) is 3.97. The number of aliphatic hydroxyl groups is 1. The first kappa shape index (κ1) is 23.9. The van der Waals surface area contributed by atoms with E-state index in [2.05, 4.69) is 16.0 Å². The van der Waals surface area contributed by atoms with Gasteiger partial charge in [-0.2, -0.15) is 0 Å². The van der Waals surface area contributed by atoms with Crippen molar-refractivity contribution < 1.29 is 34.5 Å². The quantitative estimate of drug-likeness (QED) is 0.227. The number of carboxylic acid groups (broad SMARTS) is 1. The normalized spacial score (nSPS) is 14.8. The largest absolute Gasteiger partial charge is 0.508 e. The van der Waals surface area contributed by atoms with Crippen LogP contribution in [0.5, 0.6) is 5.75 Å². The van der Waals surface area contributed by atoms with Crippen LogP contribution in [-0.2, 0) is 25.6 Å². The average molecular weight is 410 g/mol. The summed E-state index contributed by atoms with van der Waals surface area (Å²) < 4.78 is 0. The van der Waals surface area contributed by atoms with Crippen molar-refractivity contribution in [3.8, 4) is 5.75 Å². The number of aliphatic hydroxyl groups excluding tert-OH is 1. The van der Waals surface area contributed by atoms with Gasteiger partial charge >= 0.3 is 5.97 Å². The molecule has 1 aromatic rings. The van der Waals surface area contributed by atoms with Crippen LogP contribution in [0.3, 0.4) is 0 Å². The fourth-order valence-corrected chi connectivity index (χ4v) is 2.24. The Balaban J connectivity index is 2.95. The molecule has 160 valence electrons. The standard InChI is InChI=1S/C18H26N4O7/c1-9(19)15(25)20-10(2)16(26)21-13(7-11-3-5-12(24)6-4-11)17(27)22-14(8-23)18(28)29/h3-6,9-10,13-14,23-24H,7-8,19H2,1-2H3,(H,20,25)(H,21,26)(H,22,27)(H,28,29). The zero-order valence-corrected chi connectivity index (χ0v) is 16.1. The molecule has 0 aliphatic carbocycles. The molecule has 0 saturated carbocycles. The van der Waals surface area contributed by atoms with Crippen molar-refractivity contribution in [3.63, 3.8) is 0 Å². The van der Waals surface area contributed by atoms with Crippen LogP contribution in [0.2, 0.25) is 0 Å². The van der Waals surface area contributed by atoms with Crippen molar-refractivity contribution in [2.75, 3.05) is 6.61 Å². The second kappa shape index (κ2) is 11.0. The van der Waals surface area contributed by atoms with E-state index in [0.717, 1.165) is 0 Å². The van der Waals surface area contributed by atoms with Gasteiger partial charge in [0.05, 0.1) is 12.6 Å². The number of nitrogens with two attached hydrogens (primary N) is 1. The maximum absolute atomic E-state index is 12.5. The van der Waals surface area contributed by atoms with Crippen LogP contribution in [0.4, 0.5) is 0 Å². The number of rotatable bonds is 10. The van der Waals surface area contributed by atoms with Crippen molar-refractivity contribution in [3.05, 3.63) is 29.8 Å². The molecule has 0 aliphatic heterocycles. The lowest BCUT2D eigenvalue weighted by molar-refractivity contribution is -0.143. The molecule has 1 aromatic carbocycles. The molecular weight excluding hydrogens is 384 g/mol. The van der Waals surface area contributed by atoms with Crippen LogP contribution in [0, 0.1) is 0 Å². The van der Waals surface area contributed by atoms with E-state index in [4.69, 9.17) is 15.9 Å². The molecule has 4 unspecified atom stereocenters. The van der Waals surface area contributed by atoms with Gasteiger partial charge in [-0.1, -0.05) is 12.1 Å². The van der Waals surface area contributed by atoms with E-state index in [1.807, 2.05) is 0 Å². The van der Waals surface area contributed by atoms with Crippen molar-refractivity contribution in [2.45, 2.75) is 44.4 Å². The summed E-state index contributed by atoms with van der Waals surface area (Å²) in [7, 11) is 0. The Morgan fingerprint density at radius 3 is 1.97 bits per heavy atom. The van der Waals surface area contributed by atoms with E-state index in [1.54, 1.807) is 0 Å². The number of carboxylic acids is 1. The van der Waals surface area contributed by atoms with Crippen LogP contribution in [0.25, 0.3) is 0 Å². The van der Waals surface area contributed by atoms with Crippen molar-refractivity contribution in [1.29, 1.82) is 0 Å². The van der Waals surface area contributed by atoms with Gasteiger partial charge in [-0.3, -0.25) is 14.4 Å². The highest BCUT2D eigenvalue weighted by Crippen LogP contribution is 2.11. The molecule has 8 N–H and O–H groups in total. The Kier molecular flexibility index (Phi) is 9.03. The molecule has 0 aromatic heterocycles. The van der Waals surface area contributed by atoms with Gasteiger partial charge in [-0.05, 0) is 31.5 Å². The molecule has 0 heterocycles. The Morgan fingerprint density at radius 1 is 0.931 bits per heavy atom. The first-order chi connectivity index (χ1) is 13.5. The second-order valence-electron chi connectivity index (χ2n) is 6.53. The van der Waals surface area contributed by atoms with Gasteiger partial charge in [-0.25, -0.2) is 4.79 Å². The Morgan fingerprint density at radius 2 is 1.48 bits per heavy atom. The SMILES string of the molecule is CC(N)C(=O)NC(C)C(=O)NC(Cc1ccc(O)cc1)C(=O)NC(CO)C(=O)O. The highest BCUT2D eigenvalue weighted by atomic mass is 16.4. The van der Waals surface area contributed by atoms with E-state index in [9.17, 15) is 24.3 Å². The lowest BCUT2D eigenvalue weighted by Gasteiger charge is -2.23. The van der Waals surface area contributed by atoms with E-state index >= 15 is 0 Å². The van der Waals surface area contributed by atoms with Gasteiger partial charge in [0.25, 0.3) is 0 Å². The first-order valence-corrected chi connectivity index (χ1v) is 8.83. The van der Waals surface area contributed by atoms with Gasteiger partial charge in [0.15, 0.2) is 0 Å². The van der Waals surface area contributed by atoms with Gasteiger partial charge in [0.2, 0.25) is 17.7 Å². The number of phenolic OH excluding ortho intramolecular Hbond substituents is 1. The number of phenols is 1. The summed E-state index contributed by atoms with van der Waals surface area (Å²) in [5, 5.41) is 34.4. The predicted molar refractivity (Wildman–Crippen MR) is 102 cm³/mol. The van der Waals surface area contributed by atoms with Gasteiger partial charge in [0, 0.05) is 6.42 Å². The number of hydrogen-bond acceptors (Lipinski definition) is 7. The van der Waals surface area contributed by atoms with Crippen LogP contribution in [-0.4, -0.2) is 69.8 Å². The maximum Gasteiger partial charge on any atom is 0.328 e. The fraction of sp³-hybridized carbons (Fsp3) is 0.444. The molecule has 3 amide bonds. The second-order valence-corrected chi connectivity index (χ2v) is 6.53. The molecule has 11 heteroatoms. The number of carbonyl (C=O) groups excluding carboxylic acids is 3. The Hall–Kier alpha value is -3.18. The smallest absolute Gasteiger partial charge is 0.328 e. The summed E-state index contributed by atoms with van der Waals surface area (Å²) in [5.41, 5.74) is 6.01. The Bertz CT molecular complexity index is 736. The van der Waals surface area contributed by atoms with E-state index in [-0.39, 0.29) is 12.2 Å². The van der Waals surface area contributed by atoms with E-state index < -0.39 is 54.5 Å². The molecular formula is C18H26N4O7. The molecule has 0 fully saturated rings. The van der Waals surface area contributed by atoms with Crippen molar-refractivity contribution in [1.82, 2.24) is 16.0 Å². The third-order valence-electron chi connectivity index (χ3n) is 3.97. The molecule has 0 bridgehead atoms. The predicted octanol–water partition coefficient (Wildman–Crippen LogP) is -2.17. The number of benzene rings is 1. The molecule has 0 spiro atoms. The number of carbonyl (C=O) groups is 4. The van der Waals surface area contributed by atoms with E-state index in [0.29, 0.717) is 5.56 Å². The minimum absolute atomic E-state index is 0.0113. The topological polar surface area (TPSA) is 191 Å². The maximum atomic E-state index is 12.5. The number of hydrogen-bond donors (Lipinski definition) is 7. The molecule has 11 nitrogen and oxygen atoms in total. The molecule has 1 rings (SSSR count). The lowest BCUT2D eigenvalue weighted by Crippen LogP contribution is -2.57. The zero-order valence-electron chi connectivity index (χ0n) is 16.1. The minimum atomic E-state index is -1.54. The summed E-state index contributed by atoms with van der Waals surface area (Å²) in [4.78, 5) is 47.6. The number of nitrogens with one attached hydrogen (secondary N) is 3. The van der Waals surface area contributed by atoms with Crippen LogP contribution in [0.1, 0.15) is 19.4 Å². The number of aliphatic carboxylic acids is 1. The van der Waals surface area contributed by atoms with Crippen molar-refractivity contribution >= 4 is 23.7 Å². The molecule has 0 aliphatic rings. The van der Waals surface area contributed by atoms with Crippen LogP contribution >= 0.6 is 0 Å². The minimum Gasteiger partial charge on any atom is -0.508 e. The molecule has 4 atom stereocenters. The summed E-state index contributed by atoms with van der Waals surface area (Å²) in [5.74, 6) is -3.50. The number of amides is 3. The van der Waals surface area contributed by atoms with Gasteiger partial charge < -0.3 is 37.0 Å². The Labute approximate surface area is 167 Å². The lowest BCUT2D eigenvalue weighted by atomic mass is 10.0. The summed E-state index contributed by atoms with van der Waals surface area (Å²) in [6.07, 6.45) is -0.0242. The summed E-state index contributed by atoms with van der Waals surface area (Å²) >= 11 is 0. The molecule has 0 saturated heterocycles. The molecule has 29 heavy (non-hydrogen) atoms. The van der Waals surface area contributed by atoms with Crippen molar-refractivity contribution in [2.24, 2.45) is 5.73 Å². The van der Waals surface area contributed by atoms with Crippen LogP contribution in [0.15, 0.2) is 24.3 Å². The highest BCUT2D eigenvalue weighted by molar-refractivity contribution is 5.94. The fourth-order valence-electron chi connectivity index (χ4n) is 2.24. The molecule has 0 radical (unpaired) electrons. The summed E-state index contributed by atoms with van der Waals surface area (Å²) in [6.45, 7) is 2.02. The highest BCUT2D eigenvalue weighted by Gasteiger charge is 2.28.